The van der Waals surface area contributed by atoms with Gasteiger partial charge in [0.1, 0.15) is 0 Å². The molecule has 3 rings (SSSR count). The van der Waals surface area contributed by atoms with Crippen LogP contribution in [0.2, 0.25) is 5.02 Å². The summed E-state index contributed by atoms with van der Waals surface area (Å²) in [5.74, 6) is 0.346. The van der Waals surface area contributed by atoms with E-state index >= 15 is 0 Å². The molecule has 1 amide bonds. The lowest BCUT2D eigenvalue weighted by atomic mass is 10.1. The molecule has 1 fully saturated rings. The van der Waals surface area contributed by atoms with Gasteiger partial charge in [0.15, 0.2) is 0 Å². The van der Waals surface area contributed by atoms with Gasteiger partial charge in [-0.3, -0.25) is 4.79 Å². The summed E-state index contributed by atoms with van der Waals surface area (Å²) < 4.78 is 0. The Labute approximate surface area is 135 Å². The summed E-state index contributed by atoms with van der Waals surface area (Å²) in [7, 11) is 0. The number of carbonyl (C=O) groups excluding carboxylic acids is 1. The van der Waals surface area contributed by atoms with Gasteiger partial charge in [0.05, 0.1) is 5.71 Å². The predicted molar refractivity (Wildman–Crippen MR) is 89.1 cm³/mol. The highest BCUT2D eigenvalue weighted by molar-refractivity contribution is 6.30. The van der Waals surface area contributed by atoms with Crippen molar-refractivity contribution in [2.45, 2.75) is 19.3 Å². The van der Waals surface area contributed by atoms with Crippen molar-refractivity contribution in [3.05, 3.63) is 70.7 Å². The first-order valence-electron chi connectivity index (χ1n) is 7.30. The van der Waals surface area contributed by atoms with Gasteiger partial charge in [0, 0.05) is 10.9 Å². The Balaban J connectivity index is 1.59. The number of hydrazone groups is 1. The van der Waals surface area contributed by atoms with Crippen molar-refractivity contribution in [1.82, 2.24) is 5.43 Å². The molecular weight excluding hydrogens is 296 g/mol. The van der Waals surface area contributed by atoms with Crippen molar-refractivity contribution in [1.29, 1.82) is 0 Å². The molecule has 1 saturated carbocycles. The minimum Gasteiger partial charge on any atom is -0.273 e. The first-order valence-corrected chi connectivity index (χ1v) is 7.68. The first-order chi connectivity index (χ1) is 10.6. The molecule has 112 valence electrons. The first kappa shape index (κ1) is 14.8. The molecule has 0 unspecified atom stereocenters. The van der Waals surface area contributed by atoms with Gasteiger partial charge in [0.25, 0.3) is 0 Å². The van der Waals surface area contributed by atoms with Crippen LogP contribution < -0.4 is 5.43 Å². The Kier molecular flexibility index (Phi) is 4.25. The molecular formula is C18H17ClN2O. The van der Waals surface area contributed by atoms with E-state index in [9.17, 15) is 4.79 Å². The number of nitrogens with one attached hydrogen (secondary N) is 1. The second-order valence-electron chi connectivity index (χ2n) is 5.54. The van der Waals surface area contributed by atoms with Crippen LogP contribution in [-0.2, 0) is 4.79 Å². The molecule has 3 nitrogen and oxygen atoms in total. The van der Waals surface area contributed by atoms with Crippen LogP contribution in [0.3, 0.4) is 0 Å². The molecule has 0 aliphatic heterocycles. The number of hydrogen-bond donors (Lipinski definition) is 1. The maximum Gasteiger partial charge on any atom is 0.243 e. The molecule has 1 N–H and O–H groups in total. The molecule has 2 aromatic rings. The maximum absolute atomic E-state index is 12.1. The molecule has 0 aromatic heterocycles. The number of nitrogens with zero attached hydrogens (tertiary/aromatic N) is 1. The van der Waals surface area contributed by atoms with Crippen LogP contribution in [0.1, 0.15) is 30.4 Å². The van der Waals surface area contributed by atoms with E-state index in [2.05, 4.69) is 22.7 Å². The highest BCUT2D eigenvalue weighted by Crippen LogP contribution is 2.47. The SMILES string of the molecule is C/C(=N\NC(=O)[C@H]1C[C@@H]1c1ccccc1)c1ccc(Cl)cc1. The highest BCUT2D eigenvalue weighted by atomic mass is 35.5. The fraction of sp³-hybridized carbons (Fsp3) is 0.222. The Morgan fingerprint density at radius 2 is 1.82 bits per heavy atom. The average Bonchev–Trinajstić information content (AvgIpc) is 3.34. The van der Waals surface area contributed by atoms with Gasteiger partial charge in [-0.05, 0) is 42.5 Å². The second-order valence-corrected chi connectivity index (χ2v) is 5.98. The number of rotatable bonds is 4. The number of halogens is 1. The van der Waals surface area contributed by atoms with Gasteiger partial charge in [-0.25, -0.2) is 5.43 Å². The fourth-order valence-corrected chi connectivity index (χ4v) is 2.66. The Morgan fingerprint density at radius 1 is 1.14 bits per heavy atom. The van der Waals surface area contributed by atoms with Crippen LogP contribution >= 0.6 is 11.6 Å². The van der Waals surface area contributed by atoms with Crippen molar-refractivity contribution in [2.24, 2.45) is 11.0 Å². The molecule has 4 heteroatoms. The number of carbonyl (C=O) groups is 1. The molecule has 0 radical (unpaired) electrons. The average molecular weight is 313 g/mol. The van der Waals surface area contributed by atoms with Crippen molar-refractivity contribution < 1.29 is 4.79 Å². The lowest BCUT2D eigenvalue weighted by Gasteiger charge is -2.03. The third-order valence-corrected chi connectivity index (χ3v) is 4.20. The maximum atomic E-state index is 12.1. The third-order valence-electron chi connectivity index (χ3n) is 3.95. The minimum atomic E-state index is -0.0119. The van der Waals surface area contributed by atoms with E-state index in [1.807, 2.05) is 49.4 Å². The van der Waals surface area contributed by atoms with Crippen LogP contribution in [-0.4, -0.2) is 11.6 Å². The van der Waals surface area contributed by atoms with Gasteiger partial charge in [-0.15, -0.1) is 0 Å². The summed E-state index contributed by atoms with van der Waals surface area (Å²) in [6.45, 7) is 1.87. The zero-order chi connectivity index (χ0) is 15.5. The zero-order valence-corrected chi connectivity index (χ0v) is 13.0. The number of benzene rings is 2. The molecule has 0 heterocycles. The third kappa shape index (κ3) is 3.37. The van der Waals surface area contributed by atoms with E-state index in [0.717, 1.165) is 17.7 Å². The summed E-state index contributed by atoms with van der Waals surface area (Å²) in [6.07, 6.45) is 0.894. The normalized spacial score (nSPS) is 20.5. The molecule has 1 aliphatic carbocycles. The monoisotopic (exact) mass is 312 g/mol. The van der Waals surface area contributed by atoms with E-state index in [-0.39, 0.29) is 11.8 Å². The van der Waals surface area contributed by atoms with Gasteiger partial charge in [0.2, 0.25) is 5.91 Å². The summed E-state index contributed by atoms with van der Waals surface area (Å²) in [4.78, 5) is 12.1. The van der Waals surface area contributed by atoms with Crippen LogP contribution in [0, 0.1) is 5.92 Å². The fourth-order valence-electron chi connectivity index (χ4n) is 2.53. The molecule has 22 heavy (non-hydrogen) atoms. The largest absolute Gasteiger partial charge is 0.273 e. The number of hydrogen-bond acceptors (Lipinski definition) is 2. The van der Waals surface area contributed by atoms with E-state index in [0.29, 0.717) is 10.9 Å². The van der Waals surface area contributed by atoms with Gasteiger partial charge >= 0.3 is 0 Å². The molecule has 1 aliphatic rings. The number of amides is 1. The molecule has 2 atom stereocenters. The minimum absolute atomic E-state index is 0.0119. The molecule has 0 spiro atoms. The van der Waals surface area contributed by atoms with Gasteiger partial charge in [-0.1, -0.05) is 54.1 Å². The second kappa shape index (κ2) is 6.32. The van der Waals surface area contributed by atoms with Crippen molar-refractivity contribution in [3.8, 4) is 0 Å². The van der Waals surface area contributed by atoms with Gasteiger partial charge in [-0.2, -0.15) is 5.10 Å². The molecule has 0 bridgehead atoms. The summed E-state index contributed by atoms with van der Waals surface area (Å²) >= 11 is 5.86. The van der Waals surface area contributed by atoms with Crippen LogP contribution in [0.15, 0.2) is 59.7 Å². The van der Waals surface area contributed by atoms with E-state index in [1.54, 1.807) is 0 Å². The summed E-state index contributed by atoms with van der Waals surface area (Å²) in [5.41, 5.74) is 5.61. The van der Waals surface area contributed by atoms with E-state index in [1.165, 1.54) is 5.56 Å². The standard InChI is InChI=1S/C18H17ClN2O/c1-12(13-7-9-15(19)10-8-13)20-21-18(22)17-11-16(17)14-5-3-2-4-6-14/h2-10,16-17H,11H2,1H3,(H,21,22)/b20-12+/t16-,17+/m1/s1. The highest BCUT2D eigenvalue weighted by Gasteiger charge is 2.43. The van der Waals surface area contributed by atoms with Gasteiger partial charge < -0.3 is 0 Å². The lowest BCUT2D eigenvalue weighted by Crippen LogP contribution is -2.21. The topological polar surface area (TPSA) is 41.5 Å². The van der Waals surface area contributed by atoms with Crippen molar-refractivity contribution in [3.63, 3.8) is 0 Å². The van der Waals surface area contributed by atoms with Crippen LogP contribution in [0.4, 0.5) is 0 Å². The lowest BCUT2D eigenvalue weighted by molar-refractivity contribution is -0.122. The Morgan fingerprint density at radius 3 is 2.50 bits per heavy atom. The predicted octanol–water partition coefficient (Wildman–Crippen LogP) is 3.98. The van der Waals surface area contributed by atoms with E-state index < -0.39 is 0 Å². The summed E-state index contributed by atoms with van der Waals surface area (Å²) in [5, 5.41) is 4.87. The molecule has 2 aromatic carbocycles. The Bertz CT molecular complexity index is 695. The quantitative estimate of drug-likeness (QED) is 0.673. The van der Waals surface area contributed by atoms with Crippen molar-refractivity contribution >= 4 is 23.2 Å². The van der Waals surface area contributed by atoms with Crippen molar-refractivity contribution in [2.75, 3.05) is 0 Å². The van der Waals surface area contributed by atoms with E-state index in [4.69, 9.17) is 11.6 Å². The summed E-state index contributed by atoms with van der Waals surface area (Å²) in [6, 6.07) is 17.5. The smallest absolute Gasteiger partial charge is 0.243 e. The van der Waals surface area contributed by atoms with Crippen LogP contribution in [0.5, 0.6) is 0 Å². The molecule has 0 saturated heterocycles. The van der Waals surface area contributed by atoms with Crippen LogP contribution in [0.25, 0.3) is 0 Å². The Hall–Kier alpha value is -2.13. The zero-order valence-electron chi connectivity index (χ0n) is 12.3.